The first kappa shape index (κ1) is 16.7. The Morgan fingerprint density at radius 2 is 1.78 bits per heavy atom. The standard InChI is InChI=1S/C18H19NO4/c1-23-17-5-3-2-4-15(17)12-16(20)11-8-13-6-9-14(10-7-13)18(21)19-22/h2-7,9-10,22H,8,11-12H2,1H3,(H,19,21). The molecule has 5 nitrogen and oxygen atoms in total. The number of aryl methyl sites for hydroxylation is 1. The van der Waals surface area contributed by atoms with Gasteiger partial charge in [-0.15, -0.1) is 0 Å². The topological polar surface area (TPSA) is 75.6 Å². The number of para-hydroxylation sites is 1. The van der Waals surface area contributed by atoms with Crippen LogP contribution >= 0.6 is 0 Å². The summed E-state index contributed by atoms with van der Waals surface area (Å²) in [6.07, 6.45) is 1.37. The van der Waals surface area contributed by atoms with Crippen molar-refractivity contribution in [2.75, 3.05) is 7.11 Å². The van der Waals surface area contributed by atoms with Crippen LogP contribution < -0.4 is 10.2 Å². The molecule has 0 saturated heterocycles. The third-order valence-electron chi connectivity index (χ3n) is 3.59. The van der Waals surface area contributed by atoms with Crippen molar-refractivity contribution in [1.82, 2.24) is 5.48 Å². The first-order valence-electron chi connectivity index (χ1n) is 7.31. The van der Waals surface area contributed by atoms with Gasteiger partial charge >= 0.3 is 0 Å². The predicted octanol–water partition coefficient (Wildman–Crippen LogP) is 2.56. The molecule has 0 radical (unpaired) electrons. The minimum absolute atomic E-state index is 0.131. The number of ketones is 1. The van der Waals surface area contributed by atoms with Crippen LogP contribution in [0.1, 0.15) is 27.9 Å². The first-order valence-corrected chi connectivity index (χ1v) is 7.31. The molecule has 2 aromatic carbocycles. The van der Waals surface area contributed by atoms with Crippen LogP contribution in [0.25, 0.3) is 0 Å². The molecule has 23 heavy (non-hydrogen) atoms. The fourth-order valence-electron chi connectivity index (χ4n) is 2.32. The summed E-state index contributed by atoms with van der Waals surface area (Å²) in [5.41, 5.74) is 3.81. The molecule has 0 aromatic heterocycles. The molecule has 2 N–H and O–H groups in total. The number of carbonyl (C=O) groups excluding carboxylic acids is 2. The zero-order valence-electron chi connectivity index (χ0n) is 12.9. The zero-order valence-corrected chi connectivity index (χ0v) is 12.9. The third-order valence-corrected chi connectivity index (χ3v) is 3.59. The molecule has 2 rings (SSSR count). The summed E-state index contributed by atoms with van der Waals surface area (Å²) in [4.78, 5) is 23.4. The van der Waals surface area contributed by atoms with E-state index in [4.69, 9.17) is 9.94 Å². The molecule has 0 atom stereocenters. The summed E-state index contributed by atoms with van der Waals surface area (Å²) in [6.45, 7) is 0. The van der Waals surface area contributed by atoms with E-state index in [0.29, 0.717) is 24.8 Å². The maximum Gasteiger partial charge on any atom is 0.274 e. The zero-order chi connectivity index (χ0) is 16.7. The molecule has 1 amide bonds. The Hall–Kier alpha value is -2.66. The molecule has 0 heterocycles. The van der Waals surface area contributed by atoms with E-state index >= 15 is 0 Å². The molecule has 0 aliphatic heterocycles. The van der Waals surface area contributed by atoms with Crippen LogP contribution in [-0.2, 0) is 17.6 Å². The van der Waals surface area contributed by atoms with E-state index in [0.717, 1.165) is 16.9 Å². The number of hydrogen-bond donors (Lipinski definition) is 2. The molecule has 5 heteroatoms. The Bertz CT molecular complexity index is 680. The van der Waals surface area contributed by atoms with Crippen LogP contribution in [-0.4, -0.2) is 24.0 Å². The number of hydroxylamine groups is 1. The van der Waals surface area contributed by atoms with Crippen molar-refractivity contribution in [3.05, 3.63) is 65.2 Å². The SMILES string of the molecule is COc1ccccc1CC(=O)CCc1ccc(C(=O)NO)cc1. The molecular formula is C18H19NO4. The highest BCUT2D eigenvalue weighted by atomic mass is 16.5. The average molecular weight is 313 g/mol. The Kier molecular flexibility index (Phi) is 5.88. The molecule has 120 valence electrons. The molecule has 0 saturated carbocycles. The second-order valence-electron chi connectivity index (χ2n) is 5.17. The third kappa shape index (κ3) is 4.66. The van der Waals surface area contributed by atoms with Gasteiger partial charge in [0.15, 0.2) is 0 Å². The van der Waals surface area contributed by atoms with Gasteiger partial charge in [0.05, 0.1) is 7.11 Å². The van der Waals surface area contributed by atoms with Gasteiger partial charge in [-0.3, -0.25) is 14.8 Å². The number of amides is 1. The van der Waals surface area contributed by atoms with E-state index < -0.39 is 5.91 Å². The highest BCUT2D eigenvalue weighted by Gasteiger charge is 2.09. The van der Waals surface area contributed by atoms with Gasteiger partial charge in [0.2, 0.25) is 0 Å². The van der Waals surface area contributed by atoms with Gasteiger partial charge in [-0.25, -0.2) is 5.48 Å². The lowest BCUT2D eigenvalue weighted by atomic mass is 10.0. The molecular weight excluding hydrogens is 294 g/mol. The maximum absolute atomic E-state index is 12.1. The van der Waals surface area contributed by atoms with Crippen molar-refractivity contribution >= 4 is 11.7 Å². The van der Waals surface area contributed by atoms with Crippen molar-refractivity contribution in [2.45, 2.75) is 19.3 Å². The highest BCUT2D eigenvalue weighted by Crippen LogP contribution is 2.18. The minimum Gasteiger partial charge on any atom is -0.496 e. The molecule has 0 bridgehead atoms. The largest absolute Gasteiger partial charge is 0.496 e. The number of rotatable bonds is 7. The van der Waals surface area contributed by atoms with E-state index in [9.17, 15) is 9.59 Å². The summed E-state index contributed by atoms with van der Waals surface area (Å²) >= 11 is 0. The number of ether oxygens (including phenoxy) is 1. The molecule has 0 aliphatic carbocycles. The van der Waals surface area contributed by atoms with E-state index in [2.05, 4.69) is 0 Å². The average Bonchev–Trinajstić information content (AvgIpc) is 2.60. The normalized spacial score (nSPS) is 10.2. The van der Waals surface area contributed by atoms with Gasteiger partial charge in [0, 0.05) is 24.0 Å². The Labute approximate surface area is 134 Å². The van der Waals surface area contributed by atoms with Gasteiger partial charge in [0.1, 0.15) is 11.5 Å². The summed E-state index contributed by atoms with van der Waals surface area (Å²) in [5, 5.41) is 8.56. The number of benzene rings is 2. The monoisotopic (exact) mass is 313 g/mol. The molecule has 0 fully saturated rings. The smallest absolute Gasteiger partial charge is 0.274 e. The number of carbonyl (C=O) groups is 2. The van der Waals surface area contributed by atoms with Crippen molar-refractivity contribution in [2.24, 2.45) is 0 Å². The van der Waals surface area contributed by atoms with Gasteiger partial charge in [-0.1, -0.05) is 30.3 Å². The van der Waals surface area contributed by atoms with E-state index in [1.807, 2.05) is 24.3 Å². The Morgan fingerprint density at radius 1 is 1.09 bits per heavy atom. The van der Waals surface area contributed by atoms with Crippen molar-refractivity contribution < 1.29 is 19.5 Å². The summed E-state index contributed by atoms with van der Waals surface area (Å²) in [7, 11) is 1.59. The fourth-order valence-corrected chi connectivity index (χ4v) is 2.32. The van der Waals surface area contributed by atoms with Crippen LogP contribution in [0.15, 0.2) is 48.5 Å². The molecule has 0 unspecified atom stereocenters. The number of hydrogen-bond acceptors (Lipinski definition) is 4. The summed E-state index contributed by atoms with van der Waals surface area (Å²) in [5.74, 6) is 0.302. The lowest BCUT2D eigenvalue weighted by Crippen LogP contribution is -2.18. The van der Waals surface area contributed by atoms with Gasteiger partial charge in [-0.2, -0.15) is 0 Å². The maximum atomic E-state index is 12.1. The second kappa shape index (κ2) is 8.10. The predicted molar refractivity (Wildman–Crippen MR) is 85.7 cm³/mol. The van der Waals surface area contributed by atoms with Crippen LogP contribution in [0.2, 0.25) is 0 Å². The summed E-state index contributed by atoms with van der Waals surface area (Å²) < 4.78 is 5.24. The van der Waals surface area contributed by atoms with Gasteiger partial charge < -0.3 is 4.74 Å². The highest BCUT2D eigenvalue weighted by molar-refractivity contribution is 5.93. The van der Waals surface area contributed by atoms with Crippen LogP contribution in [0.4, 0.5) is 0 Å². The van der Waals surface area contributed by atoms with E-state index in [1.54, 1.807) is 36.9 Å². The van der Waals surface area contributed by atoms with E-state index in [1.165, 1.54) is 0 Å². The second-order valence-corrected chi connectivity index (χ2v) is 5.17. The quantitative estimate of drug-likeness (QED) is 0.608. The first-order chi connectivity index (χ1) is 11.1. The van der Waals surface area contributed by atoms with Crippen molar-refractivity contribution in [1.29, 1.82) is 0 Å². The van der Waals surface area contributed by atoms with Crippen LogP contribution in [0.3, 0.4) is 0 Å². The lowest BCUT2D eigenvalue weighted by Gasteiger charge is -2.07. The van der Waals surface area contributed by atoms with Crippen molar-refractivity contribution in [3.8, 4) is 5.75 Å². The number of methoxy groups -OCH3 is 1. The van der Waals surface area contributed by atoms with Crippen LogP contribution in [0.5, 0.6) is 5.75 Å². The Morgan fingerprint density at radius 3 is 2.43 bits per heavy atom. The Balaban J connectivity index is 1.90. The fraction of sp³-hybridized carbons (Fsp3) is 0.222. The van der Waals surface area contributed by atoms with Gasteiger partial charge in [0.25, 0.3) is 5.91 Å². The lowest BCUT2D eigenvalue weighted by molar-refractivity contribution is -0.118. The number of nitrogens with one attached hydrogen (secondary N) is 1. The summed E-state index contributed by atoms with van der Waals surface area (Å²) in [6, 6.07) is 14.3. The van der Waals surface area contributed by atoms with Crippen LogP contribution in [0, 0.1) is 0 Å². The minimum atomic E-state index is -0.552. The molecule has 2 aromatic rings. The molecule has 0 aliphatic rings. The van der Waals surface area contributed by atoms with Gasteiger partial charge in [-0.05, 0) is 30.2 Å². The molecule has 0 spiro atoms. The van der Waals surface area contributed by atoms with E-state index in [-0.39, 0.29) is 5.78 Å². The van der Waals surface area contributed by atoms with Crippen molar-refractivity contribution in [3.63, 3.8) is 0 Å². The number of Topliss-reactive ketones (excluding diaryl/α,β-unsaturated/α-hetero) is 1.